The smallest absolute Gasteiger partial charge is 0.258 e. The van der Waals surface area contributed by atoms with Crippen molar-refractivity contribution in [1.82, 2.24) is 10.2 Å². The van der Waals surface area contributed by atoms with E-state index >= 15 is 0 Å². The summed E-state index contributed by atoms with van der Waals surface area (Å²) in [5.74, 6) is 1.88. The van der Waals surface area contributed by atoms with Crippen molar-refractivity contribution in [3.8, 4) is 0 Å². The highest BCUT2D eigenvalue weighted by Gasteiger charge is 2.59. The molecule has 1 aliphatic heterocycles. The van der Waals surface area contributed by atoms with Gasteiger partial charge in [-0.15, -0.1) is 0 Å². The number of carbonyl (C=O) groups is 2. The highest BCUT2D eigenvalue weighted by Crippen LogP contribution is 2.50. The summed E-state index contributed by atoms with van der Waals surface area (Å²) in [7, 11) is 0. The molecule has 3 aliphatic rings. The fourth-order valence-corrected chi connectivity index (χ4v) is 5.24. The van der Waals surface area contributed by atoms with Crippen molar-refractivity contribution in [1.29, 1.82) is 0 Å². The van der Waals surface area contributed by atoms with Crippen LogP contribution in [0.3, 0.4) is 0 Å². The highest BCUT2D eigenvalue weighted by atomic mass is 16.2. The number of nitrogens with zero attached hydrogens (tertiary/aromatic N) is 2. The van der Waals surface area contributed by atoms with Gasteiger partial charge in [0, 0.05) is 24.4 Å². The maximum absolute atomic E-state index is 13.7. The molecule has 4 rings (SSSR count). The predicted molar refractivity (Wildman–Crippen MR) is 129 cm³/mol. The number of carbonyl (C=O) groups excluding carboxylic acids is 2. The van der Waals surface area contributed by atoms with Gasteiger partial charge in [-0.3, -0.25) is 14.5 Å². The molecule has 32 heavy (non-hydrogen) atoms. The van der Waals surface area contributed by atoms with Crippen LogP contribution in [-0.2, 0) is 16.0 Å². The van der Waals surface area contributed by atoms with Crippen LogP contribution in [0.25, 0.3) is 0 Å². The van der Waals surface area contributed by atoms with Crippen LogP contribution >= 0.6 is 0 Å². The Morgan fingerprint density at radius 2 is 1.94 bits per heavy atom. The second-order valence-electron chi connectivity index (χ2n) is 9.28. The monoisotopic (exact) mass is 433 g/mol. The molecule has 5 nitrogen and oxygen atoms in total. The van der Waals surface area contributed by atoms with Gasteiger partial charge in [0.25, 0.3) is 5.91 Å². The van der Waals surface area contributed by atoms with Gasteiger partial charge >= 0.3 is 0 Å². The number of anilines is 1. The van der Waals surface area contributed by atoms with Gasteiger partial charge in [0.1, 0.15) is 11.4 Å². The first-order chi connectivity index (χ1) is 15.4. The van der Waals surface area contributed by atoms with E-state index in [9.17, 15) is 9.59 Å². The zero-order valence-corrected chi connectivity index (χ0v) is 19.6. The normalized spacial score (nSPS) is 24.0. The summed E-state index contributed by atoms with van der Waals surface area (Å²) in [6.07, 6.45) is 11.6. The Labute approximate surface area is 191 Å². The number of hydrogen-bond acceptors (Lipinski definition) is 3. The molecule has 1 N–H and O–H groups in total. The van der Waals surface area contributed by atoms with Crippen LogP contribution in [0.15, 0.2) is 60.6 Å². The van der Waals surface area contributed by atoms with E-state index in [0.717, 1.165) is 48.5 Å². The first-order valence-electron chi connectivity index (χ1n) is 12.0. The summed E-state index contributed by atoms with van der Waals surface area (Å²) in [4.78, 5) is 29.4. The van der Waals surface area contributed by atoms with Crippen LogP contribution in [0.2, 0.25) is 0 Å². The predicted octanol–water partition coefficient (Wildman–Crippen LogP) is 4.91. The molecule has 2 amide bonds. The number of allylic oxidation sites excluding steroid dienone is 3. The Bertz CT molecular complexity index is 956. The summed E-state index contributed by atoms with van der Waals surface area (Å²) in [6, 6.07) is 8.26. The fraction of sp³-hybridized carbons (Fsp3) is 0.481. The van der Waals surface area contributed by atoms with Gasteiger partial charge in [0.15, 0.2) is 0 Å². The molecule has 1 heterocycles. The number of amides is 2. The highest BCUT2D eigenvalue weighted by molar-refractivity contribution is 5.99. The molecule has 0 bridgehead atoms. The zero-order chi connectivity index (χ0) is 22.9. The van der Waals surface area contributed by atoms with Gasteiger partial charge in [-0.2, -0.15) is 0 Å². The SMILES string of the molecule is C=C1N(C2=CC(C)C(CC)C=C2)C(=O)C2(CCC2)N1c1ccc(CCC(=O)NCC)cc1. The molecule has 1 aromatic carbocycles. The fourth-order valence-electron chi connectivity index (χ4n) is 5.24. The zero-order valence-electron chi connectivity index (χ0n) is 19.6. The van der Waals surface area contributed by atoms with Crippen molar-refractivity contribution >= 4 is 17.5 Å². The molecular weight excluding hydrogens is 398 g/mol. The standard InChI is InChI=1S/C27H35N3O2/c1-5-22-11-14-24(18-19(22)3)29-20(4)30(27(26(29)32)16-7-17-27)23-12-8-21(9-13-23)10-15-25(31)28-6-2/h8-9,11-14,18-19,22H,4-7,10,15-17H2,1-3H3,(H,28,31). The van der Waals surface area contributed by atoms with Crippen LogP contribution < -0.4 is 10.2 Å². The summed E-state index contributed by atoms with van der Waals surface area (Å²) in [5.41, 5.74) is 2.55. The van der Waals surface area contributed by atoms with Crippen molar-refractivity contribution in [2.75, 3.05) is 11.4 Å². The van der Waals surface area contributed by atoms with E-state index in [0.29, 0.717) is 31.2 Å². The molecule has 0 aromatic heterocycles. The van der Waals surface area contributed by atoms with Gasteiger partial charge in [-0.05, 0) is 74.6 Å². The van der Waals surface area contributed by atoms with Gasteiger partial charge in [0.2, 0.25) is 5.91 Å². The summed E-state index contributed by atoms with van der Waals surface area (Å²) >= 11 is 0. The summed E-state index contributed by atoms with van der Waals surface area (Å²) in [6.45, 7) is 11.4. The Hall–Kier alpha value is -2.82. The molecule has 0 radical (unpaired) electrons. The molecule has 170 valence electrons. The summed E-state index contributed by atoms with van der Waals surface area (Å²) in [5, 5.41) is 2.84. The van der Waals surface area contributed by atoms with Gasteiger partial charge < -0.3 is 10.2 Å². The second kappa shape index (κ2) is 8.97. The topological polar surface area (TPSA) is 52.7 Å². The molecule has 5 heteroatoms. The lowest BCUT2D eigenvalue weighted by molar-refractivity contribution is -0.132. The van der Waals surface area contributed by atoms with E-state index in [1.807, 2.05) is 11.8 Å². The van der Waals surface area contributed by atoms with Crippen molar-refractivity contribution in [2.24, 2.45) is 11.8 Å². The minimum Gasteiger partial charge on any atom is -0.356 e. The quantitative estimate of drug-likeness (QED) is 0.664. The third kappa shape index (κ3) is 3.78. The molecule has 1 saturated heterocycles. The second-order valence-corrected chi connectivity index (χ2v) is 9.28. The van der Waals surface area contributed by atoms with E-state index in [1.165, 1.54) is 0 Å². The van der Waals surface area contributed by atoms with Crippen LogP contribution in [0.1, 0.15) is 58.4 Å². The van der Waals surface area contributed by atoms with E-state index in [-0.39, 0.29) is 11.8 Å². The Balaban J connectivity index is 1.56. The average molecular weight is 434 g/mol. The lowest BCUT2D eigenvalue weighted by atomic mass is 9.75. The molecular formula is C27H35N3O2. The van der Waals surface area contributed by atoms with E-state index in [4.69, 9.17) is 0 Å². The summed E-state index contributed by atoms with van der Waals surface area (Å²) < 4.78 is 0. The maximum Gasteiger partial charge on any atom is 0.258 e. The number of aryl methyl sites for hydroxylation is 1. The Morgan fingerprint density at radius 3 is 2.50 bits per heavy atom. The molecule has 1 spiro atoms. The Morgan fingerprint density at radius 1 is 1.22 bits per heavy atom. The van der Waals surface area contributed by atoms with Crippen molar-refractivity contribution in [3.05, 3.63) is 66.2 Å². The molecule has 2 fully saturated rings. The van der Waals surface area contributed by atoms with Crippen LogP contribution in [0, 0.1) is 11.8 Å². The van der Waals surface area contributed by atoms with Crippen molar-refractivity contribution < 1.29 is 9.59 Å². The van der Waals surface area contributed by atoms with Gasteiger partial charge in [-0.1, -0.05) is 44.7 Å². The minimum absolute atomic E-state index is 0.0764. The van der Waals surface area contributed by atoms with Crippen molar-refractivity contribution in [3.63, 3.8) is 0 Å². The van der Waals surface area contributed by atoms with E-state index in [1.54, 1.807) is 0 Å². The molecule has 1 aromatic rings. The van der Waals surface area contributed by atoms with Gasteiger partial charge in [0.05, 0.1) is 0 Å². The molecule has 2 atom stereocenters. The number of benzene rings is 1. The van der Waals surface area contributed by atoms with Crippen LogP contribution in [-0.4, -0.2) is 28.8 Å². The molecule has 2 aliphatic carbocycles. The lowest BCUT2D eigenvalue weighted by Gasteiger charge is -2.43. The lowest BCUT2D eigenvalue weighted by Crippen LogP contribution is -2.54. The van der Waals surface area contributed by atoms with Crippen molar-refractivity contribution in [2.45, 2.75) is 64.8 Å². The minimum atomic E-state index is -0.515. The van der Waals surface area contributed by atoms with Crippen LogP contribution in [0.4, 0.5) is 5.69 Å². The maximum atomic E-state index is 13.7. The first-order valence-corrected chi connectivity index (χ1v) is 12.0. The van der Waals surface area contributed by atoms with E-state index in [2.05, 4.69) is 73.1 Å². The van der Waals surface area contributed by atoms with E-state index < -0.39 is 5.54 Å². The molecule has 1 saturated carbocycles. The Kier molecular flexibility index (Phi) is 6.27. The number of hydrogen-bond donors (Lipinski definition) is 1. The molecule has 2 unspecified atom stereocenters. The third-order valence-electron chi connectivity index (χ3n) is 7.29. The number of rotatable bonds is 7. The average Bonchev–Trinajstić information content (AvgIpc) is 2.99. The largest absolute Gasteiger partial charge is 0.356 e. The van der Waals surface area contributed by atoms with Gasteiger partial charge in [-0.25, -0.2) is 0 Å². The van der Waals surface area contributed by atoms with Crippen LogP contribution in [0.5, 0.6) is 0 Å². The number of nitrogens with one attached hydrogen (secondary N) is 1. The third-order valence-corrected chi connectivity index (χ3v) is 7.29. The first kappa shape index (κ1) is 22.4.